The third kappa shape index (κ3) is 3.72. The van der Waals surface area contributed by atoms with Crippen LogP contribution >= 0.6 is 0 Å². The van der Waals surface area contributed by atoms with Crippen LogP contribution in [-0.2, 0) is 12.6 Å². The summed E-state index contributed by atoms with van der Waals surface area (Å²) in [4.78, 5) is 3.91. The lowest BCUT2D eigenvalue weighted by Gasteiger charge is -2.21. The van der Waals surface area contributed by atoms with Crippen molar-refractivity contribution < 1.29 is 13.2 Å². The monoisotopic (exact) mass is 257 g/mol. The van der Waals surface area contributed by atoms with E-state index in [2.05, 4.69) is 4.98 Å². The summed E-state index contributed by atoms with van der Waals surface area (Å²) in [7, 11) is 0. The predicted octanol–water partition coefficient (Wildman–Crippen LogP) is 4.61. The molecule has 0 saturated heterocycles. The van der Waals surface area contributed by atoms with Crippen LogP contribution in [0.1, 0.15) is 49.8 Å². The van der Waals surface area contributed by atoms with Crippen LogP contribution in [0.4, 0.5) is 13.2 Å². The summed E-state index contributed by atoms with van der Waals surface area (Å²) in [6.07, 6.45) is 4.96. The first-order valence-corrected chi connectivity index (χ1v) is 6.58. The molecule has 0 atom stereocenters. The average Bonchev–Trinajstić information content (AvgIpc) is 2.37. The first kappa shape index (κ1) is 13.4. The molecule has 2 rings (SSSR count). The molecule has 1 nitrogen and oxygen atoms in total. The van der Waals surface area contributed by atoms with E-state index in [1.807, 2.05) is 0 Å². The number of aryl methyl sites for hydroxylation is 1. The van der Waals surface area contributed by atoms with Gasteiger partial charge in [-0.3, -0.25) is 4.98 Å². The molecule has 4 heteroatoms. The topological polar surface area (TPSA) is 12.9 Å². The fraction of sp³-hybridized carbons (Fsp3) is 0.643. The van der Waals surface area contributed by atoms with Gasteiger partial charge in [0.2, 0.25) is 0 Å². The van der Waals surface area contributed by atoms with Gasteiger partial charge in [-0.05, 0) is 30.9 Å². The molecule has 0 aromatic carbocycles. The van der Waals surface area contributed by atoms with Gasteiger partial charge in [0.1, 0.15) is 0 Å². The summed E-state index contributed by atoms with van der Waals surface area (Å²) in [6, 6.07) is 2.63. The van der Waals surface area contributed by atoms with Crippen molar-refractivity contribution in [1.29, 1.82) is 0 Å². The number of hydrogen-bond acceptors (Lipinski definition) is 1. The Morgan fingerprint density at radius 3 is 2.39 bits per heavy atom. The maximum absolute atomic E-state index is 12.4. The van der Waals surface area contributed by atoms with Gasteiger partial charge in [0.05, 0.1) is 5.56 Å². The van der Waals surface area contributed by atoms with E-state index in [1.165, 1.54) is 38.2 Å². The quantitative estimate of drug-likeness (QED) is 0.770. The largest absolute Gasteiger partial charge is 0.417 e. The molecule has 100 valence electrons. The fourth-order valence-corrected chi connectivity index (χ4v) is 2.57. The number of aromatic nitrogens is 1. The highest BCUT2D eigenvalue weighted by molar-refractivity contribution is 5.17. The van der Waals surface area contributed by atoms with Crippen LogP contribution < -0.4 is 0 Å². The Kier molecular flexibility index (Phi) is 4.25. The van der Waals surface area contributed by atoms with Crippen molar-refractivity contribution >= 4 is 0 Å². The van der Waals surface area contributed by atoms with Crippen LogP contribution in [-0.4, -0.2) is 4.98 Å². The van der Waals surface area contributed by atoms with Gasteiger partial charge in [-0.2, -0.15) is 13.2 Å². The highest BCUT2D eigenvalue weighted by atomic mass is 19.4. The van der Waals surface area contributed by atoms with Crippen molar-refractivity contribution in [3.63, 3.8) is 0 Å². The second kappa shape index (κ2) is 5.72. The van der Waals surface area contributed by atoms with Gasteiger partial charge in [0.15, 0.2) is 0 Å². The highest BCUT2D eigenvalue weighted by Crippen LogP contribution is 2.29. The highest BCUT2D eigenvalue weighted by Gasteiger charge is 2.30. The normalized spacial score (nSPS) is 17.9. The van der Waals surface area contributed by atoms with Crippen LogP contribution in [0.5, 0.6) is 0 Å². The minimum Gasteiger partial charge on any atom is -0.261 e. The molecule has 1 fully saturated rings. The first-order chi connectivity index (χ1) is 8.55. The molecule has 1 aliphatic carbocycles. The van der Waals surface area contributed by atoms with Crippen LogP contribution in [0.2, 0.25) is 0 Å². The minimum absolute atomic E-state index is 0.663. The lowest BCUT2D eigenvalue weighted by Crippen LogP contribution is -2.09. The van der Waals surface area contributed by atoms with Gasteiger partial charge < -0.3 is 0 Å². The summed E-state index contributed by atoms with van der Waals surface area (Å²) < 4.78 is 37.1. The Labute approximate surface area is 105 Å². The molecule has 1 heterocycles. The van der Waals surface area contributed by atoms with E-state index < -0.39 is 11.7 Å². The summed E-state index contributed by atoms with van der Waals surface area (Å²) in [5, 5.41) is 0. The molecule has 0 spiro atoms. The van der Waals surface area contributed by atoms with Gasteiger partial charge in [-0.15, -0.1) is 0 Å². The zero-order valence-electron chi connectivity index (χ0n) is 10.3. The molecule has 1 aromatic heterocycles. The van der Waals surface area contributed by atoms with Crippen molar-refractivity contribution in [2.24, 2.45) is 5.92 Å². The number of halogens is 3. The molecule has 1 aromatic rings. The van der Waals surface area contributed by atoms with Gasteiger partial charge in [0.25, 0.3) is 0 Å². The van der Waals surface area contributed by atoms with E-state index in [1.54, 1.807) is 0 Å². The maximum Gasteiger partial charge on any atom is 0.417 e. The minimum atomic E-state index is -4.28. The molecule has 0 bridgehead atoms. The number of pyridine rings is 1. The van der Waals surface area contributed by atoms with E-state index >= 15 is 0 Å². The third-order valence-corrected chi connectivity index (χ3v) is 3.69. The number of nitrogens with zero attached hydrogens (tertiary/aromatic N) is 1. The van der Waals surface area contributed by atoms with Crippen LogP contribution in [0.25, 0.3) is 0 Å². The molecule has 0 aliphatic heterocycles. The van der Waals surface area contributed by atoms with Gasteiger partial charge in [0, 0.05) is 11.9 Å². The van der Waals surface area contributed by atoms with Crippen molar-refractivity contribution in [2.75, 3.05) is 0 Å². The van der Waals surface area contributed by atoms with E-state index in [9.17, 15) is 13.2 Å². The van der Waals surface area contributed by atoms with Gasteiger partial charge >= 0.3 is 6.18 Å². The molecule has 1 aliphatic rings. The molecular weight excluding hydrogens is 239 g/mol. The van der Waals surface area contributed by atoms with Crippen LogP contribution in [0.15, 0.2) is 18.3 Å². The number of rotatable bonds is 3. The second-order valence-electron chi connectivity index (χ2n) is 5.08. The molecule has 0 radical (unpaired) electrons. The van der Waals surface area contributed by atoms with Crippen molar-refractivity contribution in [3.05, 3.63) is 29.6 Å². The smallest absolute Gasteiger partial charge is 0.261 e. The first-order valence-electron chi connectivity index (χ1n) is 6.58. The van der Waals surface area contributed by atoms with E-state index in [-0.39, 0.29) is 0 Å². The molecule has 0 amide bonds. The maximum atomic E-state index is 12.4. The zero-order valence-corrected chi connectivity index (χ0v) is 10.3. The SMILES string of the molecule is FC(F)(F)c1ccc(CCC2CCCCC2)nc1. The second-order valence-corrected chi connectivity index (χ2v) is 5.08. The van der Waals surface area contributed by atoms with Gasteiger partial charge in [-0.25, -0.2) is 0 Å². The standard InChI is InChI=1S/C14H18F3N/c15-14(16,17)12-7-9-13(18-10-12)8-6-11-4-2-1-3-5-11/h7,9-11H,1-6,8H2. The summed E-state index contributed by atoms with van der Waals surface area (Å²) in [6.45, 7) is 0. The van der Waals surface area contributed by atoms with Crippen molar-refractivity contribution in [1.82, 2.24) is 4.98 Å². The molecule has 0 N–H and O–H groups in total. The summed E-state index contributed by atoms with van der Waals surface area (Å²) >= 11 is 0. The Balaban J connectivity index is 1.86. The molecule has 0 unspecified atom stereocenters. The fourth-order valence-electron chi connectivity index (χ4n) is 2.57. The Morgan fingerprint density at radius 1 is 1.11 bits per heavy atom. The molecule has 18 heavy (non-hydrogen) atoms. The number of hydrogen-bond donors (Lipinski definition) is 0. The third-order valence-electron chi connectivity index (χ3n) is 3.69. The van der Waals surface area contributed by atoms with E-state index in [0.717, 1.165) is 36.7 Å². The Hall–Kier alpha value is -1.06. The summed E-state index contributed by atoms with van der Waals surface area (Å²) in [5.74, 6) is 0.739. The zero-order chi connectivity index (χ0) is 13.0. The lowest BCUT2D eigenvalue weighted by molar-refractivity contribution is -0.137. The average molecular weight is 257 g/mol. The van der Waals surface area contributed by atoms with Crippen molar-refractivity contribution in [2.45, 2.75) is 51.1 Å². The van der Waals surface area contributed by atoms with E-state index in [4.69, 9.17) is 0 Å². The Bertz CT molecular complexity index is 364. The van der Waals surface area contributed by atoms with Gasteiger partial charge in [-0.1, -0.05) is 32.1 Å². The molecular formula is C14H18F3N. The predicted molar refractivity (Wildman–Crippen MR) is 64.1 cm³/mol. The van der Waals surface area contributed by atoms with Crippen LogP contribution in [0, 0.1) is 5.92 Å². The lowest BCUT2D eigenvalue weighted by atomic mass is 9.86. The molecule has 1 saturated carbocycles. The van der Waals surface area contributed by atoms with Crippen LogP contribution in [0.3, 0.4) is 0 Å². The Morgan fingerprint density at radius 2 is 1.83 bits per heavy atom. The van der Waals surface area contributed by atoms with Crippen molar-refractivity contribution in [3.8, 4) is 0 Å². The van der Waals surface area contributed by atoms with E-state index in [0.29, 0.717) is 0 Å². The number of alkyl halides is 3. The summed E-state index contributed by atoms with van der Waals surface area (Å²) in [5.41, 5.74) is 0.109.